The lowest BCUT2D eigenvalue weighted by Gasteiger charge is -2.35. The van der Waals surface area contributed by atoms with E-state index in [0.29, 0.717) is 37.5 Å². The maximum absolute atomic E-state index is 13.0. The number of benzene rings is 2. The Morgan fingerprint density at radius 3 is 2.38 bits per heavy atom. The molecule has 2 aromatic carbocycles. The molecule has 34 heavy (non-hydrogen) atoms. The van der Waals surface area contributed by atoms with Gasteiger partial charge in [-0.3, -0.25) is 14.5 Å². The summed E-state index contributed by atoms with van der Waals surface area (Å²) >= 11 is 5.60. The topological polar surface area (TPSA) is 85.7 Å². The molecule has 1 atom stereocenters. The van der Waals surface area contributed by atoms with Crippen LogP contribution in [0.15, 0.2) is 42.5 Å². The molecule has 1 N–H and O–H groups in total. The molecular weight excluding hydrogens is 473 g/mol. The van der Waals surface area contributed by atoms with E-state index in [0.717, 1.165) is 12.1 Å². The number of hydrogen-bond donors (Lipinski definition) is 1. The molecule has 7 nitrogen and oxygen atoms in total. The summed E-state index contributed by atoms with van der Waals surface area (Å²) in [6.07, 6.45) is -5.35. The molecule has 0 saturated carbocycles. The Morgan fingerprint density at radius 2 is 1.79 bits per heavy atom. The maximum atomic E-state index is 13.0. The first-order valence-electron chi connectivity index (χ1n) is 10.4. The third-order valence-corrected chi connectivity index (χ3v) is 5.58. The van der Waals surface area contributed by atoms with Crippen molar-refractivity contribution in [2.45, 2.75) is 19.2 Å². The van der Waals surface area contributed by atoms with Gasteiger partial charge in [-0.25, -0.2) is 0 Å². The second kappa shape index (κ2) is 10.8. The summed E-state index contributed by atoms with van der Waals surface area (Å²) < 4.78 is 44.6. The van der Waals surface area contributed by atoms with Crippen molar-refractivity contribution >= 4 is 29.1 Å². The number of nitrogens with zero attached hydrogens (tertiary/aromatic N) is 3. The van der Waals surface area contributed by atoms with E-state index in [1.54, 1.807) is 36.1 Å². The van der Waals surface area contributed by atoms with Crippen molar-refractivity contribution in [3.05, 3.63) is 58.6 Å². The summed E-state index contributed by atoms with van der Waals surface area (Å²) in [5.41, 5.74) is -0.524. The molecule has 2 amide bonds. The largest absolute Gasteiger partial charge is 0.481 e. The van der Waals surface area contributed by atoms with Crippen LogP contribution in [0.3, 0.4) is 0 Å². The predicted molar refractivity (Wildman–Crippen MR) is 119 cm³/mol. The van der Waals surface area contributed by atoms with Crippen molar-refractivity contribution < 1.29 is 27.5 Å². The number of amides is 2. The number of ether oxygens (including phenoxy) is 1. The predicted octanol–water partition coefficient (Wildman–Crippen LogP) is 3.78. The van der Waals surface area contributed by atoms with Crippen molar-refractivity contribution in [3.8, 4) is 11.8 Å². The normalized spacial score (nSPS) is 15.4. The van der Waals surface area contributed by atoms with Crippen LogP contribution in [0.5, 0.6) is 5.75 Å². The number of nitriles is 1. The van der Waals surface area contributed by atoms with E-state index >= 15 is 0 Å². The van der Waals surface area contributed by atoms with Crippen LogP contribution >= 0.6 is 11.6 Å². The number of nitrogens with one attached hydrogen (secondary N) is 1. The number of alkyl halides is 3. The van der Waals surface area contributed by atoms with Gasteiger partial charge in [0.1, 0.15) is 5.75 Å². The lowest BCUT2D eigenvalue weighted by Crippen LogP contribution is -2.53. The van der Waals surface area contributed by atoms with E-state index in [1.807, 2.05) is 11.0 Å². The number of hydrogen-bond acceptors (Lipinski definition) is 5. The van der Waals surface area contributed by atoms with Gasteiger partial charge in [0.15, 0.2) is 6.10 Å². The third kappa shape index (κ3) is 6.62. The molecule has 11 heteroatoms. The van der Waals surface area contributed by atoms with Gasteiger partial charge in [0.25, 0.3) is 5.91 Å². The molecule has 2 aromatic rings. The van der Waals surface area contributed by atoms with Crippen LogP contribution in [-0.2, 0) is 15.8 Å². The van der Waals surface area contributed by atoms with Gasteiger partial charge in [-0.2, -0.15) is 18.4 Å². The molecule has 180 valence electrons. The average Bonchev–Trinajstić information content (AvgIpc) is 2.80. The standard InChI is InChI=1S/C23H22ClF3N4O3/c1-15(34-18-5-2-16(13-28)3-6-18)22(33)31-10-8-30(9-11-31)14-21(32)29-17-4-7-20(24)19(12-17)23(25,26)27/h2-7,12,15H,8-11,14H2,1H3,(H,29,32)/t15-/m1/s1. The zero-order valence-electron chi connectivity index (χ0n) is 18.2. The number of anilines is 1. The second-order valence-corrected chi connectivity index (χ2v) is 8.15. The average molecular weight is 495 g/mol. The summed E-state index contributed by atoms with van der Waals surface area (Å²) in [6.45, 7) is 3.23. The van der Waals surface area contributed by atoms with Gasteiger partial charge in [-0.15, -0.1) is 0 Å². The Balaban J connectivity index is 1.47. The molecule has 0 aliphatic carbocycles. The molecular formula is C23H22ClF3N4O3. The Labute approximate surface area is 199 Å². The van der Waals surface area contributed by atoms with Crippen LogP contribution < -0.4 is 10.1 Å². The Bertz CT molecular complexity index is 1080. The fourth-order valence-corrected chi connectivity index (χ4v) is 3.69. The van der Waals surface area contributed by atoms with Gasteiger partial charge in [0.05, 0.1) is 28.8 Å². The molecule has 0 unspecified atom stereocenters. The van der Waals surface area contributed by atoms with Crippen molar-refractivity contribution in [2.24, 2.45) is 0 Å². The summed E-state index contributed by atoms with van der Waals surface area (Å²) in [7, 11) is 0. The van der Waals surface area contributed by atoms with E-state index in [9.17, 15) is 22.8 Å². The molecule has 0 spiro atoms. The van der Waals surface area contributed by atoms with Crippen molar-refractivity contribution in [2.75, 3.05) is 38.0 Å². The van der Waals surface area contributed by atoms with E-state index < -0.39 is 28.8 Å². The molecule has 3 rings (SSSR count). The number of carbonyl (C=O) groups is 2. The first-order chi connectivity index (χ1) is 16.1. The van der Waals surface area contributed by atoms with E-state index in [2.05, 4.69) is 5.32 Å². The van der Waals surface area contributed by atoms with Crippen LogP contribution in [0.1, 0.15) is 18.1 Å². The zero-order chi connectivity index (χ0) is 24.9. The van der Waals surface area contributed by atoms with Crippen LogP contribution in [0, 0.1) is 11.3 Å². The fraction of sp³-hybridized carbons (Fsp3) is 0.348. The minimum absolute atomic E-state index is 0.00400. The summed E-state index contributed by atoms with van der Waals surface area (Å²) in [5.74, 6) is -0.187. The number of rotatable bonds is 6. The molecule has 1 saturated heterocycles. The molecule has 1 fully saturated rings. The van der Waals surface area contributed by atoms with E-state index in [1.165, 1.54) is 6.07 Å². The van der Waals surface area contributed by atoms with Gasteiger partial charge >= 0.3 is 6.18 Å². The summed E-state index contributed by atoms with van der Waals surface area (Å²) in [5, 5.41) is 10.9. The maximum Gasteiger partial charge on any atom is 0.417 e. The van der Waals surface area contributed by atoms with Crippen molar-refractivity contribution in [3.63, 3.8) is 0 Å². The Morgan fingerprint density at radius 1 is 1.15 bits per heavy atom. The number of carbonyl (C=O) groups excluding carboxylic acids is 2. The van der Waals surface area contributed by atoms with Crippen molar-refractivity contribution in [1.82, 2.24) is 9.80 Å². The summed E-state index contributed by atoms with van der Waals surface area (Å²) in [6, 6.07) is 11.7. The number of piperazine rings is 1. The molecule has 1 heterocycles. The first-order valence-corrected chi connectivity index (χ1v) is 10.8. The minimum Gasteiger partial charge on any atom is -0.481 e. The van der Waals surface area contributed by atoms with E-state index in [4.69, 9.17) is 21.6 Å². The number of halogens is 4. The first kappa shape index (κ1) is 25.3. The van der Waals surface area contributed by atoms with Crippen LogP contribution in [-0.4, -0.2) is 60.4 Å². The quantitative estimate of drug-likeness (QED) is 0.660. The van der Waals surface area contributed by atoms with Gasteiger partial charge in [-0.1, -0.05) is 11.6 Å². The fourth-order valence-electron chi connectivity index (χ4n) is 3.47. The molecule has 1 aliphatic heterocycles. The van der Waals surface area contributed by atoms with E-state index in [-0.39, 0.29) is 18.1 Å². The Kier molecular flexibility index (Phi) is 8.02. The van der Waals surface area contributed by atoms with Crippen LogP contribution in [0.25, 0.3) is 0 Å². The second-order valence-electron chi connectivity index (χ2n) is 7.74. The lowest BCUT2D eigenvalue weighted by molar-refractivity contribution is -0.140. The molecule has 0 aromatic heterocycles. The smallest absolute Gasteiger partial charge is 0.417 e. The van der Waals surface area contributed by atoms with Gasteiger partial charge < -0.3 is 15.0 Å². The molecule has 0 radical (unpaired) electrons. The SMILES string of the molecule is C[C@@H](Oc1ccc(C#N)cc1)C(=O)N1CCN(CC(=O)Nc2ccc(Cl)c(C(F)(F)F)c2)CC1. The highest BCUT2D eigenvalue weighted by Crippen LogP contribution is 2.36. The highest BCUT2D eigenvalue weighted by atomic mass is 35.5. The molecule has 1 aliphatic rings. The van der Waals surface area contributed by atoms with Crippen LogP contribution in [0.4, 0.5) is 18.9 Å². The van der Waals surface area contributed by atoms with Gasteiger partial charge in [0.2, 0.25) is 5.91 Å². The highest BCUT2D eigenvalue weighted by Gasteiger charge is 2.33. The van der Waals surface area contributed by atoms with Gasteiger partial charge in [0, 0.05) is 31.9 Å². The van der Waals surface area contributed by atoms with Gasteiger partial charge in [-0.05, 0) is 49.4 Å². The Hall–Kier alpha value is -3.29. The highest BCUT2D eigenvalue weighted by molar-refractivity contribution is 6.31. The molecule has 0 bridgehead atoms. The summed E-state index contributed by atoms with van der Waals surface area (Å²) in [4.78, 5) is 28.4. The lowest BCUT2D eigenvalue weighted by atomic mass is 10.2. The third-order valence-electron chi connectivity index (χ3n) is 5.25. The van der Waals surface area contributed by atoms with Crippen molar-refractivity contribution in [1.29, 1.82) is 5.26 Å². The monoisotopic (exact) mass is 494 g/mol. The minimum atomic E-state index is -4.62. The van der Waals surface area contributed by atoms with Crippen LogP contribution in [0.2, 0.25) is 5.02 Å². The zero-order valence-corrected chi connectivity index (χ0v) is 19.0.